The van der Waals surface area contributed by atoms with Gasteiger partial charge in [0.2, 0.25) is 0 Å². The normalized spacial score (nSPS) is 17.5. The van der Waals surface area contributed by atoms with Gasteiger partial charge in [0.25, 0.3) is 5.91 Å². The molecule has 0 aromatic heterocycles. The minimum Gasteiger partial charge on any atom is -0.368 e. The van der Waals surface area contributed by atoms with Gasteiger partial charge in [-0.25, -0.2) is 0 Å². The Morgan fingerprint density at radius 2 is 2.00 bits per heavy atom. The molecule has 1 amide bonds. The van der Waals surface area contributed by atoms with Crippen LogP contribution < -0.4 is 5.32 Å². The summed E-state index contributed by atoms with van der Waals surface area (Å²) < 4.78 is 5.66. The third kappa shape index (κ3) is 3.44. The lowest BCUT2D eigenvalue weighted by molar-refractivity contribution is -0.158. The highest BCUT2D eigenvalue weighted by atomic mass is 16.5. The number of methoxy groups -OCH3 is 1. The van der Waals surface area contributed by atoms with Crippen molar-refractivity contribution in [2.45, 2.75) is 38.8 Å². The fourth-order valence-corrected chi connectivity index (χ4v) is 2.94. The van der Waals surface area contributed by atoms with Gasteiger partial charge in [0.05, 0.1) is 0 Å². The zero-order chi connectivity index (χ0) is 15.3. The fourth-order valence-electron chi connectivity index (χ4n) is 2.94. The lowest BCUT2D eigenvalue weighted by Crippen LogP contribution is -2.55. The van der Waals surface area contributed by atoms with Crippen LogP contribution in [0, 0.1) is 6.92 Å². The minimum atomic E-state index is -0.649. The highest BCUT2D eigenvalue weighted by Crippen LogP contribution is 2.26. The maximum absolute atomic E-state index is 13.0. The molecule has 1 aliphatic heterocycles. The van der Waals surface area contributed by atoms with Crippen LogP contribution in [0.4, 0.5) is 0 Å². The van der Waals surface area contributed by atoms with Crippen LogP contribution in [-0.2, 0) is 16.1 Å². The van der Waals surface area contributed by atoms with Gasteiger partial charge in [-0.2, -0.15) is 0 Å². The molecule has 0 atom stereocenters. The van der Waals surface area contributed by atoms with E-state index in [4.69, 9.17) is 4.74 Å². The average Bonchev–Trinajstić information content (AvgIpc) is 2.54. The summed E-state index contributed by atoms with van der Waals surface area (Å²) >= 11 is 0. The monoisotopic (exact) mass is 290 g/mol. The number of nitrogens with one attached hydrogen (secondary N) is 1. The van der Waals surface area contributed by atoms with E-state index in [-0.39, 0.29) is 5.91 Å². The highest BCUT2D eigenvalue weighted by Gasteiger charge is 2.42. The van der Waals surface area contributed by atoms with Crippen molar-refractivity contribution in [2.75, 3.05) is 26.7 Å². The molecule has 21 heavy (non-hydrogen) atoms. The zero-order valence-electron chi connectivity index (χ0n) is 13.3. The second-order valence-corrected chi connectivity index (χ2v) is 5.69. The van der Waals surface area contributed by atoms with E-state index >= 15 is 0 Å². The summed E-state index contributed by atoms with van der Waals surface area (Å²) in [5.41, 5.74) is 1.78. The quantitative estimate of drug-likeness (QED) is 0.903. The summed E-state index contributed by atoms with van der Waals surface area (Å²) in [4.78, 5) is 14.9. The SMILES string of the molecule is CCN(Cc1ccccc1C)C(=O)C1(OC)CCNCC1. The topological polar surface area (TPSA) is 41.6 Å². The molecule has 1 aliphatic rings. The Balaban J connectivity index is 2.16. The smallest absolute Gasteiger partial charge is 0.255 e. The molecule has 0 unspecified atom stereocenters. The Morgan fingerprint density at radius 1 is 1.33 bits per heavy atom. The molecule has 1 fully saturated rings. The second-order valence-electron chi connectivity index (χ2n) is 5.69. The molecule has 0 radical (unpaired) electrons. The molecular weight excluding hydrogens is 264 g/mol. The molecule has 0 saturated carbocycles. The molecule has 1 aromatic carbocycles. The standard InChI is InChI=1S/C17H26N2O2/c1-4-19(13-15-8-6-5-7-14(15)2)16(20)17(21-3)9-11-18-12-10-17/h5-8,18H,4,9-13H2,1-3H3. The first kappa shape index (κ1) is 16.0. The van der Waals surface area contributed by atoms with Crippen LogP contribution in [0.3, 0.4) is 0 Å². The van der Waals surface area contributed by atoms with Gasteiger partial charge in [-0.15, -0.1) is 0 Å². The van der Waals surface area contributed by atoms with Crippen molar-refractivity contribution >= 4 is 5.91 Å². The van der Waals surface area contributed by atoms with E-state index in [1.54, 1.807) is 7.11 Å². The largest absolute Gasteiger partial charge is 0.368 e. The van der Waals surface area contributed by atoms with Crippen LogP contribution in [0.5, 0.6) is 0 Å². The zero-order valence-corrected chi connectivity index (χ0v) is 13.3. The van der Waals surface area contributed by atoms with E-state index in [0.29, 0.717) is 13.1 Å². The average molecular weight is 290 g/mol. The van der Waals surface area contributed by atoms with Crippen molar-refractivity contribution in [1.82, 2.24) is 10.2 Å². The Bertz CT molecular complexity index is 481. The summed E-state index contributed by atoms with van der Waals surface area (Å²) in [6, 6.07) is 8.23. The van der Waals surface area contributed by atoms with Gasteiger partial charge in [0.1, 0.15) is 5.60 Å². The van der Waals surface area contributed by atoms with E-state index in [0.717, 1.165) is 25.9 Å². The lowest BCUT2D eigenvalue weighted by atomic mass is 9.90. The molecule has 0 spiro atoms. The Kier molecular flexibility index (Phi) is 5.37. The van der Waals surface area contributed by atoms with E-state index in [1.807, 2.05) is 24.0 Å². The van der Waals surface area contributed by atoms with Crippen LogP contribution in [0.2, 0.25) is 0 Å². The summed E-state index contributed by atoms with van der Waals surface area (Å²) in [6.45, 7) is 7.14. The van der Waals surface area contributed by atoms with Crippen LogP contribution in [-0.4, -0.2) is 43.2 Å². The van der Waals surface area contributed by atoms with Gasteiger partial charge in [0, 0.05) is 20.2 Å². The number of amides is 1. The first-order valence-corrected chi connectivity index (χ1v) is 7.72. The summed E-state index contributed by atoms with van der Waals surface area (Å²) in [7, 11) is 1.66. The van der Waals surface area contributed by atoms with Crippen molar-refractivity contribution in [1.29, 1.82) is 0 Å². The Morgan fingerprint density at radius 3 is 2.57 bits per heavy atom. The van der Waals surface area contributed by atoms with Crippen molar-refractivity contribution in [3.8, 4) is 0 Å². The predicted molar refractivity (Wildman–Crippen MR) is 84.1 cm³/mol. The number of ether oxygens (including phenoxy) is 1. The second kappa shape index (κ2) is 7.05. The van der Waals surface area contributed by atoms with Crippen molar-refractivity contribution < 1.29 is 9.53 Å². The van der Waals surface area contributed by atoms with Gasteiger partial charge < -0.3 is 15.0 Å². The molecular formula is C17H26N2O2. The molecule has 1 aromatic rings. The number of nitrogens with zero attached hydrogens (tertiary/aromatic N) is 1. The summed E-state index contributed by atoms with van der Waals surface area (Å²) in [5.74, 6) is 0.122. The highest BCUT2D eigenvalue weighted by molar-refractivity contribution is 5.85. The Labute approximate surface area is 127 Å². The minimum absolute atomic E-state index is 0.122. The van der Waals surface area contributed by atoms with Crippen molar-refractivity contribution in [3.05, 3.63) is 35.4 Å². The maximum Gasteiger partial charge on any atom is 0.255 e. The van der Waals surface area contributed by atoms with Crippen molar-refractivity contribution in [2.24, 2.45) is 0 Å². The van der Waals surface area contributed by atoms with E-state index in [1.165, 1.54) is 11.1 Å². The fraction of sp³-hybridized carbons (Fsp3) is 0.588. The van der Waals surface area contributed by atoms with E-state index in [2.05, 4.69) is 24.4 Å². The van der Waals surface area contributed by atoms with Crippen LogP contribution in [0.1, 0.15) is 30.9 Å². The first-order valence-electron chi connectivity index (χ1n) is 7.72. The predicted octanol–water partition coefficient (Wildman–Crippen LogP) is 2.11. The number of aryl methyl sites for hydroxylation is 1. The van der Waals surface area contributed by atoms with Gasteiger partial charge in [-0.1, -0.05) is 24.3 Å². The number of piperidine rings is 1. The van der Waals surface area contributed by atoms with Crippen LogP contribution >= 0.6 is 0 Å². The van der Waals surface area contributed by atoms with Gasteiger partial charge in [0.15, 0.2) is 0 Å². The number of carbonyl (C=O) groups excluding carboxylic acids is 1. The molecule has 2 rings (SSSR count). The van der Waals surface area contributed by atoms with E-state index < -0.39 is 5.60 Å². The molecule has 1 saturated heterocycles. The van der Waals surface area contributed by atoms with Gasteiger partial charge >= 0.3 is 0 Å². The van der Waals surface area contributed by atoms with Gasteiger partial charge in [-0.05, 0) is 50.9 Å². The molecule has 4 nitrogen and oxygen atoms in total. The molecule has 0 bridgehead atoms. The molecule has 116 valence electrons. The molecule has 1 N–H and O–H groups in total. The summed E-state index contributed by atoms with van der Waals surface area (Å²) in [6.07, 6.45) is 1.49. The number of hydrogen-bond donors (Lipinski definition) is 1. The number of carbonyl (C=O) groups is 1. The lowest BCUT2D eigenvalue weighted by Gasteiger charge is -2.38. The third-order valence-electron chi connectivity index (χ3n) is 4.48. The van der Waals surface area contributed by atoms with Crippen molar-refractivity contribution in [3.63, 3.8) is 0 Å². The van der Waals surface area contributed by atoms with E-state index in [9.17, 15) is 4.79 Å². The maximum atomic E-state index is 13.0. The van der Waals surface area contributed by atoms with Crippen LogP contribution in [0.25, 0.3) is 0 Å². The molecule has 4 heteroatoms. The third-order valence-corrected chi connectivity index (χ3v) is 4.48. The van der Waals surface area contributed by atoms with Crippen LogP contribution in [0.15, 0.2) is 24.3 Å². The Hall–Kier alpha value is -1.39. The number of rotatable bonds is 5. The number of likely N-dealkylation sites (N-methyl/N-ethyl adjacent to an activating group) is 1. The number of hydrogen-bond acceptors (Lipinski definition) is 3. The molecule has 0 aliphatic carbocycles. The summed E-state index contributed by atoms with van der Waals surface area (Å²) in [5, 5.41) is 3.29. The first-order chi connectivity index (χ1) is 10.1. The molecule has 1 heterocycles. The van der Waals surface area contributed by atoms with Gasteiger partial charge in [-0.3, -0.25) is 4.79 Å². The number of benzene rings is 1.